The quantitative estimate of drug-likeness (QED) is 0.801. The highest BCUT2D eigenvalue weighted by atomic mass is 32.1. The molecule has 15 heavy (non-hydrogen) atoms. The fourth-order valence-corrected chi connectivity index (χ4v) is 2.12. The minimum atomic E-state index is 0.0559. The molecule has 0 aromatic carbocycles. The molecular formula is C10H13N3OS. The molecular weight excluding hydrogens is 210 g/mol. The Morgan fingerprint density at radius 2 is 2.33 bits per heavy atom. The number of hydrogen-bond donors (Lipinski definition) is 0. The monoisotopic (exact) mass is 223 g/mol. The van der Waals surface area contributed by atoms with E-state index in [4.69, 9.17) is 4.74 Å². The molecule has 0 fully saturated rings. The van der Waals surface area contributed by atoms with Crippen molar-refractivity contribution in [1.82, 2.24) is 14.8 Å². The van der Waals surface area contributed by atoms with Crippen LogP contribution in [0.2, 0.25) is 0 Å². The molecule has 4 nitrogen and oxygen atoms in total. The Balaban J connectivity index is 2.27. The highest BCUT2D eigenvalue weighted by Crippen LogP contribution is 2.26. The summed E-state index contributed by atoms with van der Waals surface area (Å²) < 4.78 is 6.99. The lowest BCUT2D eigenvalue weighted by molar-refractivity contribution is 0.119. The highest BCUT2D eigenvalue weighted by Gasteiger charge is 2.11. The number of ether oxygens (including phenoxy) is 1. The van der Waals surface area contributed by atoms with Crippen molar-refractivity contribution in [3.63, 3.8) is 0 Å². The van der Waals surface area contributed by atoms with Gasteiger partial charge in [-0.25, -0.2) is 4.98 Å². The lowest BCUT2D eigenvalue weighted by atomic mass is 10.3. The maximum absolute atomic E-state index is 5.22. The first-order valence-electron chi connectivity index (χ1n) is 4.68. The molecule has 0 bridgehead atoms. The third kappa shape index (κ3) is 2.08. The summed E-state index contributed by atoms with van der Waals surface area (Å²) >= 11 is 1.61. The summed E-state index contributed by atoms with van der Waals surface area (Å²) in [6.07, 6.45) is 3.83. The molecule has 0 aliphatic rings. The number of nitrogens with zero attached hydrogens (tertiary/aromatic N) is 3. The molecule has 2 aromatic rings. The number of methoxy groups -OCH3 is 1. The van der Waals surface area contributed by atoms with Crippen LogP contribution in [-0.4, -0.2) is 21.9 Å². The van der Waals surface area contributed by atoms with Gasteiger partial charge >= 0.3 is 0 Å². The van der Waals surface area contributed by atoms with Crippen LogP contribution in [0.3, 0.4) is 0 Å². The Kier molecular flexibility index (Phi) is 2.83. The Labute approximate surface area is 92.5 Å². The van der Waals surface area contributed by atoms with Gasteiger partial charge in [0.1, 0.15) is 11.1 Å². The van der Waals surface area contributed by atoms with E-state index in [2.05, 4.69) is 10.1 Å². The van der Waals surface area contributed by atoms with Crippen LogP contribution < -0.4 is 0 Å². The predicted molar refractivity (Wildman–Crippen MR) is 59.7 cm³/mol. The van der Waals surface area contributed by atoms with Gasteiger partial charge in [-0.2, -0.15) is 5.10 Å². The predicted octanol–water partition coefficient (Wildman–Crippen LogP) is 2.25. The van der Waals surface area contributed by atoms with Crippen LogP contribution in [0, 0.1) is 0 Å². The summed E-state index contributed by atoms with van der Waals surface area (Å²) in [5, 5.41) is 7.14. The number of thiazole rings is 1. The van der Waals surface area contributed by atoms with Crippen molar-refractivity contribution in [1.29, 1.82) is 0 Å². The van der Waals surface area contributed by atoms with E-state index in [-0.39, 0.29) is 6.10 Å². The normalized spacial score (nSPS) is 13.0. The average Bonchev–Trinajstić information content (AvgIpc) is 2.84. The molecule has 0 saturated carbocycles. The van der Waals surface area contributed by atoms with Crippen molar-refractivity contribution < 1.29 is 4.74 Å². The summed E-state index contributed by atoms with van der Waals surface area (Å²) in [6.45, 7) is 1.99. The zero-order valence-electron chi connectivity index (χ0n) is 8.97. The molecule has 2 rings (SSSR count). The Morgan fingerprint density at radius 1 is 1.53 bits per heavy atom. The van der Waals surface area contributed by atoms with Crippen molar-refractivity contribution in [2.75, 3.05) is 7.11 Å². The SMILES string of the molecule is COC(C)c1nc(-c2cnn(C)c2)cs1. The molecule has 1 atom stereocenters. The molecule has 5 heteroatoms. The maximum Gasteiger partial charge on any atom is 0.122 e. The first-order valence-corrected chi connectivity index (χ1v) is 5.56. The molecule has 2 heterocycles. The largest absolute Gasteiger partial charge is 0.375 e. The van der Waals surface area contributed by atoms with Crippen molar-refractivity contribution in [3.8, 4) is 11.3 Å². The summed E-state index contributed by atoms with van der Waals surface area (Å²) in [4.78, 5) is 4.50. The third-order valence-corrected chi connectivity index (χ3v) is 3.23. The number of rotatable bonds is 3. The minimum Gasteiger partial charge on any atom is -0.375 e. The standard InChI is InChI=1S/C10H13N3OS/c1-7(14-3)10-12-9(6-15-10)8-4-11-13(2)5-8/h4-7H,1-3H3. The van der Waals surface area contributed by atoms with Crippen LogP contribution in [0.1, 0.15) is 18.0 Å². The summed E-state index contributed by atoms with van der Waals surface area (Å²) in [7, 11) is 3.59. The van der Waals surface area contributed by atoms with Gasteiger partial charge in [0.15, 0.2) is 0 Å². The van der Waals surface area contributed by atoms with Crippen LogP contribution in [-0.2, 0) is 11.8 Å². The van der Waals surface area contributed by atoms with Crippen molar-refractivity contribution in [2.24, 2.45) is 7.05 Å². The second-order valence-electron chi connectivity index (χ2n) is 3.35. The van der Waals surface area contributed by atoms with E-state index in [0.29, 0.717) is 0 Å². The molecule has 0 spiro atoms. The van der Waals surface area contributed by atoms with Gasteiger partial charge in [0.2, 0.25) is 0 Å². The van der Waals surface area contributed by atoms with Crippen molar-refractivity contribution >= 4 is 11.3 Å². The summed E-state index contributed by atoms with van der Waals surface area (Å²) in [5.41, 5.74) is 2.01. The fraction of sp³-hybridized carbons (Fsp3) is 0.400. The first kappa shape index (κ1) is 10.3. The van der Waals surface area contributed by atoms with Gasteiger partial charge in [0, 0.05) is 31.3 Å². The van der Waals surface area contributed by atoms with Gasteiger partial charge in [0.05, 0.1) is 11.9 Å². The lowest BCUT2D eigenvalue weighted by Gasteiger charge is -2.03. The van der Waals surface area contributed by atoms with Crippen LogP contribution in [0.5, 0.6) is 0 Å². The van der Waals surface area contributed by atoms with Gasteiger partial charge < -0.3 is 4.74 Å². The van der Waals surface area contributed by atoms with E-state index in [1.165, 1.54) is 0 Å². The Morgan fingerprint density at radius 3 is 2.93 bits per heavy atom. The smallest absolute Gasteiger partial charge is 0.122 e. The Hall–Kier alpha value is -1.20. The number of hydrogen-bond acceptors (Lipinski definition) is 4. The fourth-order valence-electron chi connectivity index (χ4n) is 1.26. The van der Waals surface area contributed by atoms with E-state index in [1.807, 2.05) is 31.7 Å². The molecule has 0 amide bonds. The van der Waals surface area contributed by atoms with E-state index in [9.17, 15) is 0 Å². The summed E-state index contributed by atoms with van der Waals surface area (Å²) in [6, 6.07) is 0. The maximum atomic E-state index is 5.22. The first-order chi connectivity index (χ1) is 7.20. The van der Waals surface area contributed by atoms with Crippen LogP contribution in [0.4, 0.5) is 0 Å². The second kappa shape index (κ2) is 4.12. The van der Waals surface area contributed by atoms with E-state index >= 15 is 0 Å². The molecule has 0 saturated heterocycles. The second-order valence-corrected chi connectivity index (χ2v) is 4.24. The molecule has 0 aliphatic carbocycles. The molecule has 2 aromatic heterocycles. The molecule has 0 N–H and O–H groups in total. The minimum absolute atomic E-state index is 0.0559. The average molecular weight is 223 g/mol. The zero-order valence-corrected chi connectivity index (χ0v) is 9.78. The van der Waals surface area contributed by atoms with Crippen LogP contribution in [0.15, 0.2) is 17.8 Å². The number of aryl methyl sites for hydroxylation is 1. The molecule has 0 radical (unpaired) electrons. The number of aromatic nitrogens is 3. The third-order valence-electron chi connectivity index (χ3n) is 2.22. The molecule has 0 aliphatic heterocycles. The summed E-state index contributed by atoms with van der Waals surface area (Å²) in [5.74, 6) is 0. The zero-order chi connectivity index (χ0) is 10.8. The Bertz CT molecular complexity index is 449. The van der Waals surface area contributed by atoms with E-state index in [1.54, 1.807) is 23.1 Å². The topological polar surface area (TPSA) is 39.9 Å². The lowest BCUT2D eigenvalue weighted by Crippen LogP contribution is -1.94. The van der Waals surface area contributed by atoms with Gasteiger partial charge in [0.25, 0.3) is 0 Å². The van der Waals surface area contributed by atoms with Gasteiger partial charge in [-0.3, -0.25) is 4.68 Å². The van der Waals surface area contributed by atoms with Crippen LogP contribution in [0.25, 0.3) is 11.3 Å². The van der Waals surface area contributed by atoms with E-state index < -0.39 is 0 Å². The molecule has 1 unspecified atom stereocenters. The van der Waals surface area contributed by atoms with Gasteiger partial charge in [-0.05, 0) is 6.92 Å². The molecule has 80 valence electrons. The highest BCUT2D eigenvalue weighted by molar-refractivity contribution is 7.10. The van der Waals surface area contributed by atoms with Crippen molar-refractivity contribution in [3.05, 3.63) is 22.8 Å². The van der Waals surface area contributed by atoms with Crippen LogP contribution >= 0.6 is 11.3 Å². The van der Waals surface area contributed by atoms with E-state index in [0.717, 1.165) is 16.3 Å². The van der Waals surface area contributed by atoms with Gasteiger partial charge in [-0.15, -0.1) is 11.3 Å². The van der Waals surface area contributed by atoms with Crippen molar-refractivity contribution in [2.45, 2.75) is 13.0 Å². The van der Waals surface area contributed by atoms with Gasteiger partial charge in [-0.1, -0.05) is 0 Å².